The third kappa shape index (κ3) is 5.88. The quantitative estimate of drug-likeness (QED) is 0.676. The smallest absolute Gasteiger partial charge is 0.416 e. The number of rotatable bonds is 8. The highest BCUT2D eigenvalue weighted by Crippen LogP contribution is 2.29. The van der Waals surface area contributed by atoms with E-state index in [2.05, 4.69) is 5.32 Å². The summed E-state index contributed by atoms with van der Waals surface area (Å²) < 4.78 is 69.5. The zero-order chi connectivity index (χ0) is 22.5. The average molecular weight is 444 g/mol. The third-order valence-electron chi connectivity index (χ3n) is 4.38. The molecule has 2 rings (SSSR count). The van der Waals surface area contributed by atoms with E-state index in [1.54, 1.807) is 19.1 Å². The number of nitrogens with zero attached hydrogens (tertiary/aromatic N) is 1. The fourth-order valence-corrected chi connectivity index (χ4v) is 4.17. The van der Waals surface area contributed by atoms with Gasteiger partial charge in [-0.3, -0.25) is 9.10 Å². The van der Waals surface area contributed by atoms with Gasteiger partial charge in [0.1, 0.15) is 11.8 Å². The minimum atomic E-state index is -4.49. The molecular formula is C20H23F3N2O4S. The largest absolute Gasteiger partial charge is 0.497 e. The molecular weight excluding hydrogens is 421 g/mol. The van der Waals surface area contributed by atoms with Gasteiger partial charge in [0.25, 0.3) is 0 Å². The van der Waals surface area contributed by atoms with Crippen LogP contribution in [-0.4, -0.2) is 33.7 Å². The van der Waals surface area contributed by atoms with Crippen molar-refractivity contribution in [3.8, 4) is 5.75 Å². The van der Waals surface area contributed by atoms with E-state index in [4.69, 9.17) is 4.74 Å². The first-order valence-electron chi connectivity index (χ1n) is 9.04. The molecule has 2 aromatic carbocycles. The van der Waals surface area contributed by atoms with Gasteiger partial charge < -0.3 is 10.1 Å². The highest BCUT2D eigenvalue weighted by atomic mass is 32.2. The number of hydrogen-bond acceptors (Lipinski definition) is 4. The molecule has 10 heteroatoms. The Kier molecular flexibility index (Phi) is 7.35. The number of ether oxygens (including phenoxy) is 1. The Hall–Kier alpha value is -2.75. The molecule has 0 unspecified atom stereocenters. The summed E-state index contributed by atoms with van der Waals surface area (Å²) in [4.78, 5) is 12.7. The van der Waals surface area contributed by atoms with Crippen LogP contribution < -0.4 is 14.4 Å². The van der Waals surface area contributed by atoms with E-state index in [1.807, 2.05) is 0 Å². The van der Waals surface area contributed by atoms with Crippen LogP contribution in [0.15, 0.2) is 48.5 Å². The number of anilines is 1. The molecule has 0 aliphatic heterocycles. The van der Waals surface area contributed by atoms with Gasteiger partial charge in [0, 0.05) is 6.54 Å². The molecule has 0 aromatic heterocycles. The van der Waals surface area contributed by atoms with E-state index in [0.29, 0.717) is 5.75 Å². The van der Waals surface area contributed by atoms with Crippen molar-refractivity contribution in [1.82, 2.24) is 5.32 Å². The first kappa shape index (κ1) is 23.5. The zero-order valence-electron chi connectivity index (χ0n) is 16.7. The molecule has 1 N–H and O–H groups in total. The molecule has 0 fully saturated rings. The van der Waals surface area contributed by atoms with Crippen molar-refractivity contribution >= 4 is 21.6 Å². The zero-order valence-corrected chi connectivity index (χ0v) is 17.5. The van der Waals surface area contributed by atoms with Crippen molar-refractivity contribution in [2.75, 3.05) is 17.7 Å². The van der Waals surface area contributed by atoms with Crippen LogP contribution in [0.2, 0.25) is 0 Å². The summed E-state index contributed by atoms with van der Waals surface area (Å²) in [5.41, 5.74) is -0.292. The van der Waals surface area contributed by atoms with Gasteiger partial charge in [0.2, 0.25) is 15.9 Å². The van der Waals surface area contributed by atoms with Gasteiger partial charge in [-0.25, -0.2) is 8.42 Å². The van der Waals surface area contributed by atoms with Crippen molar-refractivity contribution in [2.24, 2.45) is 0 Å². The maximum Gasteiger partial charge on any atom is 0.416 e. The maximum atomic E-state index is 12.9. The Balaban J connectivity index is 2.23. The van der Waals surface area contributed by atoms with Crippen molar-refractivity contribution in [1.29, 1.82) is 0 Å². The summed E-state index contributed by atoms with van der Waals surface area (Å²) in [5.74, 6) is -0.0922. The number of nitrogens with one attached hydrogen (secondary N) is 1. The van der Waals surface area contributed by atoms with Crippen LogP contribution in [0.1, 0.15) is 24.5 Å². The SMILES string of the molecule is CC[C@H](C(=O)NCc1cccc(C(F)(F)F)c1)N(c1ccc(OC)cc1)S(C)(=O)=O. The number of hydrogen-bond donors (Lipinski definition) is 1. The van der Waals surface area contributed by atoms with E-state index < -0.39 is 33.7 Å². The number of halogens is 3. The van der Waals surface area contributed by atoms with Crippen molar-refractivity contribution in [3.05, 3.63) is 59.7 Å². The summed E-state index contributed by atoms with van der Waals surface area (Å²) in [7, 11) is -2.35. The molecule has 30 heavy (non-hydrogen) atoms. The first-order chi connectivity index (χ1) is 14.0. The molecule has 0 spiro atoms. The highest BCUT2D eigenvalue weighted by Gasteiger charge is 2.32. The Morgan fingerprint density at radius 2 is 1.80 bits per heavy atom. The Bertz CT molecular complexity index is 976. The lowest BCUT2D eigenvalue weighted by Crippen LogP contribution is -2.49. The maximum absolute atomic E-state index is 12.9. The molecule has 1 amide bonds. The first-order valence-corrected chi connectivity index (χ1v) is 10.9. The molecule has 164 valence electrons. The Morgan fingerprint density at radius 3 is 2.30 bits per heavy atom. The van der Waals surface area contributed by atoms with Crippen LogP contribution in [0, 0.1) is 0 Å². The molecule has 0 radical (unpaired) electrons. The Morgan fingerprint density at radius 1 is 1.17 bits per heavy atom. The predicted molar refractivity (Wildman–Crippen MR) is 108 cm³/mol. The lowest BCUT2D eigenvalue weighted by molar-refractivity contribution is -0.137. The minimum Gasteiger partial charge on any atom is -0.497 e. The van der Waals surface area contributed by atoms with Gasteiger partial charge in [0.15, 0.2) is 0 Å². The Labute approximate surface area is 173 Å². The monoisotopic (exact) mass is 444 g/mol. The minimum absolute atomic E-state index is 0.160. The summed E-state index contributed by atoms with van der Waals surface area (Å²) in [6.45, 7) is 1.48. The van der Waals surface area contributed by atoms with Gasteiger partial charge in [-0.05, 0) is 48.4 Å². The lowest BCUT2D eigenvalue weighted by Gasteiger charge is -2.30. The van der Waals surface area contributed by atoms with Crippen molar-refractivity contribution in [3.63, 3.8) is 0 Å². The fraction of sp³-hybridized carbons (Fsp3) is 0.350. The average Bonchev–Trinajstić information content (AvgIpc) is 2.69. The molecule has 6 nitrogen and oxygen atoms in total. The van der Waals surface area contributed by atoms with E-state index >= 15 is 0 Å². The molecule has 1 atom stereocenters. The summed E-state index contributed by atoms with van der Waals surface area (Å²) in [6.07, 6.45) is -3.35. The summed E-state index contributed by atoms with van der Waals surface area (Å²) in [5, 5.41) is 2.54. The second-order valence-corrected chi connectivity index (χ2v) is 8.46. The molecule has 2 aromatic rings. The van der Waals surface area contributed by atoms with Crippen LogP contribution in [0.25, 0.3) is 0 Å². The molecule has 0 saturated carbocycles. The molecule has 0 saturated heterocycles. The van der Waals surface area contributed by atoms with Crippen LogP contribution in [0.5, 0.6) is 5.75 Å². The van der Waals surface area contributed by atoms with Gasteiger partial charge in [-0.15, -0.1) is 0 Å². The van der Waals surface area contributed by atoms with Crippen LogP contribution in [-0.2, 0) is 27.5 Å². The molecule has 0 heterocycles. The van der Waals surface area contributed by atoms with Crippen LogP contribution in [0.4, 0.5) is 18.9 Å². The lowest BCUT2D eigenvalue weighted by atomic mass is 10.1. The molecule has 0 bridgehead atoms. The van der Waals surface area contributed by atoms with Gasteiger partial charge in [-0.2, -0.15) is 13.2 Å². The number of alkyl halides is 3. The number of benzene rings is 2. The van der Waals surface area contributed by atoms with Gasteiger partial charge in [0.05, 0.1) is 24.6 Å². The molecule has 0 aliphatic rings. The second-order valence-electron chi connectivity index (χ2n) is 6.60. The van der Waals surface area contributed by atoms with Crippen molar-refractivity contribution < 1.29 is 31.1 Å². The van der Waals surface area contributed by atoms with Crippen molar-refractivity contribution in [2.45, 2.75) is 32.1 Å². The summed E-state index contributed by atoms with van der Waals surface area (Å²) in [6, 6.07) is 9.69. The number of amides is 1. The number of methoxy groups -OCH3 is 1. The summed E-state index contributed by atoms with van der Waals surface area (Å²) >= 11 is 0. The number of carbonyl (C=O) groups is 1. The highest BCUT2D eigenvalue weighted by molar-refractivity contribution is 7.92. The standard InChI is InChI=1S/C20H23F3N2O4S/c1-4-18(25(30(3,27)28)16-8-10-17(29-2)11-9-16)19(26)24-13-14-6-5-7-15(12-14)20(21,22)23/h5-12,18H,4,13H2,1-3H3,(H,24,26)/t18-/m1/s1. The number of sulfonamides is 1. The van der Waals surface area contributed by atoms with Gasteiger partial charge in [-0.1, -0.05) is 19.1 Å². The van der Waals surface area contributed by atoms with Crippen LogP contribution >= 0.6 is 0 Å². The fourth-order valence-electron chi connectivity index (χ4n) is 2.95. The van der Waals surface area contributed by atoms with Crippen LogP contribution in [0.3, 0.4) is 0 Å². The number of carbonyl (C=O) groups excluding carboxylic acids is 1. The van der Waals surface area contributed by atoms with Gasteiger partial charge >= 0.3 is 6.18 Å². The predicted octanol–water partition coefficient (Wildman–Crippen LogP) is 3.58. The molecule has 0 aliphatic carbocycles. The van der Waals surface area contributed by atoms with E-state index in [9.17, 15) is 26.4 Å². The topological polar surface area (TPSA) is 75.7 Å². The normalized spacial score (nSPS) is 12.9. The van der Waals surface area contributed by atoms with E-state index in [0.717, 1.165) is 22.7 Å². The van der Waals surface area contributed by atoms with E-state index in [1.165, 1.54) is 31.4 Å². The second kappa shape index (κ2) is 9.38. The third-order valence-corrected chi connectivity index (χ3v) is 5.56. The van der Waals surface area contributed by atoms with E-state index in [-0.39, 0.29) is 24.2 Å².